The summed E-state index contributed by atoms with van der Waals surface area (Å²) in [4.78, 5) is 13.7. The van der Waals surface area contributed by atoms with Gasteiger partial charge < -0.3 is 4.90 Å². The van der Waals surface area contributed by atoms with Crippen molar-refractivity contribution in [3.05, 3.63) is 53.6 Å². The topological polar surface area (TPSA) is 66.5 Å². The van der Waals surface area contributed by atoms with Crippen molar-refractivity contribution in [1.29, 1.82) is 0 Å². The first-order valence-corrected chi connectivity index (χ1v) is 10.3. The van der Waals surface area contributed by atoms with E-state index in [4.69, 9.17) is 0 Å². The fourth-order valence-corrected chi connectivity index (χ4v) is 4.34. The van der Waals surface area contributed by atoms with Crippen LogP contribution in [-0.4, -0.2) is 20.9 Å². The molecule has 1 aliphatic rings. The lowest BCUT2D eigenvalue weighted by Crippen LogP contribution is -2.33. The van der Waals surface area contributed by atoms with E-state index in [0.29, 0.717) is 18.2 Å². The summed E-state index contributed by atoms with van der Waals surface area (Å²) in [5, 5.41) is 0. The quantitative estimate of drug-likeness (QED) is 0.885. The molecule has 2 aromatic carbocycles. The number of benzene rings is 2. The molecular formula is C20H24N2O3S. The maximum absolute atomic E-state index is 12.8. The molecule has 0 aliphatic carbocycles. The van der Waals surface area contributed by atoms with Gasteiger partial charge in [0.1, 0.15) is 0 Å². The van der Waals surface area contributed by atoms with Gasteiger partial charge in [-0.15, -0.1) is 0 Å². The van der Waals surface area contributed by atoms with Gasteiger partial charge in [0, 0.05) is 24.8 Å². The van der Waals surface area contributed by atoms with Crippen molar-refractivity contribution in [3.63, 3.8) is 0 Å². The van der Waals surface area contributed by atoms with Crippen LogP contribution < -0.4 is 9.62 Å². The highest BCUT2D eigenvalue weighted by Gasteiger charge is 2.23. The standard InChI is InChI=1S/C20H24N2O3S/c1-14(2)16-6-4-8-18(12-16)21-26(24,25)19-9-10-20-17(13-19)7-5-11-22(20)15(3)23/h4,6,8-10,12-14,21H,5,7,11H2,1-3H3. The molecule has 1 N–H and O–H groups in total. The number of nitrogens with one attached hydrogen (secondary N) is 1. The summed E-state index contributed by atoms with van der Waals surface area (Å²) in [5.41, 5.74) is 3.33. The molecule has 5 nitrogen and oxygen atoms in total. The highest BCUT2D eigenvalue weighted by Crippen LogP contribution is 2.30. The highest BCUT2D eigenvalue weighted by molar-refractivity contribution is 7.92. The fraction of sp³-hybridized carbons (Fsp3) is 0.350. The SMILES string of the molecule is CC(=O)N1CCCc2cc(S(=O)(=O)Nc3cccc(C(C)C)c3)ccc21. The molecule has 0 atom stereocenters. The van der Waals surface area contributed by atoms with E-state index in [1.54, 1.807) is 29.2 Å². The summed E-state index contributed by atoms with van der Waals surface area (Å²) in [6.07, 6.45) is 1.60. The average Bonchev–Trinajstić information content (AvgIpc) is 2.60. The third-order valence-corrected chi connectivity index (χ3v) is 6.04. The molecule has 26 heavy (non-hydrogen) atoms. The van der Waals surface area contributed by atoms with Crippen LogP contribution >= 0.6 is 0 Å². The van der Waals surface area contributed by atoms with Crippen molar-refractivity contribution >= 4 is 27.3 Å². The number of fused-ring (bicyclic) bond motifs is 1. The molecular weight excluding hydrogens is 348 g/mol. The zero-order valence-corrected chi connectivity index (χ0v) is 16.1. The molecule has 138 valence electrons. The molecule has 1 amide bonds. The second-order valence-electron chi connectivity index (χ2n) is 6.95. The number of hydrogen-bond donors (Lipinski definition) is 1. The zero-order valence-electron chi connectivity index (χ0n) is 15.3. The number of rotatable bonds is 4. The number of sulfonamides is 1. The van der Waals surface area contributed by atoms with E-state index in [-0.39, 0.29) is 10.8 Å². The molecule has 1 aliphatic heterocycles. The normalized spacial score (nSPS) is 14.2. The van der Waals surface area contributed by atoms with Crippen LogP contribution in [0.5, 0.6) is 0 Å². The molecule has 0 bridgehead atoms. The Morgan fingerprint density at radius 3 is 2.62 bits per heavy atom. The second kappa shape index (κ2) is 7.11. The first-order valence-electron chi connectivity index (χ1n) is 8.82. The van der Waals surface area contributed by atoms with Crippen LogP contribution in [0.15, 0.2) is 47.4 Å². The van der Waals surface area contributed by atoms with Gasteiger partial charge in [-0.3, -0.25) is 9.52 Å². The number of amides is 1. The molecule has 0 aromatic heterocycles. The van der Waals surface area contributed by atoms with Crippen molar-refractivity contribution in [2.24, 2.45) is 0 Å². The summed E-state index contributed by atoms with van der Waals surface area (Å²) in [5.74, 6) is 0.297. The number of nitrogens with zero attached hydrogens (tertiary/aromatic N) is 1. The minimum atomic E-state index is -3.68. The van der Waals surface area contributed by atoms with Crippen molar-refractivity contribution < 1.29 is 13.2 Å². The van der Waals surface area contributed by atoms with Gasteiger partial charge in [-0.1, -0.05) is 26.0 Å². The Balaban J connectivity index is 1.91. The molecule has 3 rings (SSSR count). The lowest BCUT2D eigenvalue weighted by Gasteiger charge is -2.28. The van der Waals surface area contributed by atoms with Gasteiger partial charge >= 0.3 is 0 Å². The molecule has 0 unspecified atom stereocenters. The Morgan fingerprint density at radius 2 is 1.92 bits per heavy atom. The van der Waals surface area contributed by atoms with E-state index in [1.165, 1.54) is 6.92 Å². The highest BCUT2D eigenvalue weighted by atomic mass is 32.2. The zero-order chi connectivity index (χ0) is 18.9. The third-order valence-electron chi connectivity index (χ3n) is 4.67. The second-order valence-corrected chi connectivity index (χ2v) is 8.63. The number of anilines is 2. The van der Waals surface area contributed by atoms with E-state index in [2.05, 4.69) is 18.6 Å². The predicted molar refractivity (Wildman–Crippen MR) is 104 cm³/mol. The van der Waals surface area contributed by atoms with Gasteiger partial charge in [0.05, 0.1) is 4.90 Å². The van der Waals surface area contributed by atoms with Gasteiger partial charge in [-0.25, -0.2) is 8.42 Å². The first-order chi connectivity index (χ1) is 12.3. The summed E-state index contributed by atoms with van der Waals surface area (Å²) >= 11 is 0. The number of carbonyl (C=O) groups excluding carboxylic acids is 1. The van der Waals surface area contributed by atoms with E-state index in [0.717, 1.165) is 29.7 Å². The number of hydrogen-bond acceptors (Lipinski definition) is 3. The molecule has 2 aromatic rings. The van der Waals surface area contributed by atoms with Crippen LogP contribution in [0.2, 0.25) is 0 Å². The van der Waals surface area contributed by atoms with E-state index >= 15 is 0 Å². The maximum Gasteiger partial charge on any atom is 0.261 e. The minimum absolute atomic E-state index is 0.0230. The predicted octanol–water partition coefficient (Wildman–Crippen LogP) is 3.91. The largest absolute Gasteiger partial charge is 0.312 e. The fourth-order valence-electron chi connectivity index (χ4n) is 3.24. The minimum Gasteiger partial charge on any atom is -0.312 e. The summed E-state index contributed by atoms with van der Waals surface area (Å²) in [6, 6.07) is 12.4. The van der Waals surface area contributed by atoms with E-state index in [9.17, 15) is 13.2 Å². The first kappa shape index (κ1) is 18.5. The van der Waals surface area contributed by atoms with Gasteiger partial charge in [-0.05, 0) is 60.2 Å². The molecule has 0 spiro atoms. The van der Waals surface area contributed by atoms with Crippen molar-refractivity contribution in [2.75, 3.05) is 16.2 Å². The maximum atomic E-state index is 12.8. The molecule has 1 heterocycles. The van der Waals surface area contributed by atoms with Crippen molar-refractivity contribution in [1.82, 2.24) is 0 Å². The molecule has 0 saturated carbocycles. The molecule has 0 fully saturated rings. The van der Waals surface area contributed by atoms with Gasteiger partial charge in [0.2, 0.25) is 5.91 Å². The molecule has 6 heteroatoms. The Morgan fingerprint density at radius 1 is 1.15 bits per heavy atom. The van der Waals surface area contributed by atoms with Gasteiger partial charge in [0.25, 0.3) is 10.0 Å². The van der Waals surface area contributed by atoms with Crippen molar-refractivity contribution in [3.8, 4) is 0 Å². The number of carbonyl (C=O) groups is 1. The molecule has 0 radical (unpaired) electrons. The van der Waals surface area contributed by atoms with Crippen LogP contribution in [0.25, 0.3) is 0 Å². The van der Waals surface area contributed by atoms with Crippen LogP contribution in [0.4, 0.5) is 11.4 Å². The third kappa shape index (κ3) is 3.75. The number of aryl methyl sites for hydroxylation is 1. The van der Waals surface area contributed by atoms with E-state index < -0.39 is 10.0 Å². The van der Waals surface area contributed by atoms with Crippen LogP contribution in [-0.2, 0) is 21.2 Å². The Kier molecular flexibility index (Phi) is 5.05. The van der Waals surface area contributed by atoms with Gasteiger partial charge in [-0.2, -0.15) is 0 Å². The Hall–Kier alpha value is -2.34. The smallest absolute Gasteiger partial charge is 0.261 e. The monoisotopic (exact) mass is 372 g/mol. The van der Waals surface area contributed by atoms with Crippen LogP contribution in [0.3, 0.4) is 0 Å². The lowest BCUT2D eigenvalue weighted by molar-refractivity contribution is -0.116. The molecule has 0 saturated heterocycles. The van der Waals surface area contributed by atoms with Crippen molar-refractivity contribution in [2.45, 2.75) is 44.4 Å². The van der Waals surface area contributed by atoms with Crippen LogP contribution in [0.1, 0.15) is 44.2 Å². The Bertz CT molecular complexity index is 936. The summed E-state index contributed by atoms with van der Waals surface area (Å²) in [6.45, 7) is 6.34. The van der Waals surface area contributed by atoms with E-state index in [1.807, 2.05) is 18.2 Å². The van der Waals surface area contributed by atoms with Crippen LogP contribution in [0, 0.1) is 0 Å². The van der Waals surface area contributed by atoms with Gasteiger partial charge in [0.15, 0.2) is 0 Å². The summed E-state index contributed by atoms with van der Waals surface area (Å²) < 4.78 is 28.2. The Labute approximate surface area is 155 Å². The lowest BCUT2D eigenvalue weighted by atomic mass is 10.0. The summed E-state index contributed by atoms with van der Waals surface area (Å²) in [7, 11) is -3.68. The average molecular weight is 372 g/mol.